The molecule has 0 saturated heterocycles. The first kappa shape index (κ1) is 29.5. The van der Waals surface area contributed by atoms with E-state index < -0.39 is 15.6 Å². The Labute approximate surface area is 184 Å². The monoisotopic (exact) mass is 451 g/mol. The van der Waals surface area contributed by atoms with Crippen LogP contribution in [0, 0.1) is 10.8 Å². The highest BCUT2D eigenvalue weighted by Crippen LogP contribution is 2.23. The maximum Gasteiger partial charge on any atom is 0.214 e. The summed E-state index contributed by atoms with van der Waals surface area (Å²) in [5.41, 5.74) is -1.74. The van der Waals surface area contributed by atoms with Crippen molar-refractivity contribution in [1.29, 1.82) is 0 Å². The third kappa shape index (κ3) is 14.5. The van der Waals surface area contributed by atoms with E-state index in [0.717, 1.165) is 0 Å². The van der Waals surface area contributed by atoms with Gasteiger partial charge in [-0.1, -0.05) is 27.7 Å². The van der Waals surface area contributed by atoms with Gasteiger partial charge in [0, 0.05) is 25.5 Å². The van der Waals surface area contributed by atoms with Crippen LogP contribution in [0.5, 0.6) is 0 Å². The zero-order valence-electron chi connectivity index (χ0n) is 20.8. The molecule has 0 aliphatic heterocycles. The molecule has 30 heavy (non-hydrogen) atoms. The fourth-order valence-electron chi connectivity index (χ4n) is 2.91. The molecular formula is C22H45NO6S. The summed E-state index contributed by atoms with van der Waals surface area (Å²) in [6, 6.07) is 0. The van der Waals surface area contributed by atoms with Crippen molar-refractivity contribution in [2.24, 2.45) is 10.8 Å². The molecule has 0 radical (unpaired) electrons. The minimum Gasteiger partial charge on any atom is -0.380 e. The van der Waals surface area contributed by atoms with E-state index in [9.17, 15) is 13.2 Å². The van der Waals surface area contributed by atoms with E-state index in [1.165, 1.54) is 0 Å². The van der Waals surface area contributed by atoms with E-state index in [0.29, 0.717) is 32.7 Å². The second-order valence-electron chi connectivity index (χ2n) is 11.1. The molecule has 0 amide bonds. The minimum atomic E-state index is -3.52. The number of methoxy groups -OCH3 is 1. The average Bonchev–Trinajstić information content (AvgIpc) is 2.50. The molecule has 8 heteroatoms. The quantitative estimate of drug-likeness (QED) is 0.386. The molecule has 0 aliphatic rings. The first-order valence-electron chi connectivity index (χ1n) is 10.5. The zero-order valence-corrected chi connectivity index (χ0v) is 21.6. The normalized spacial score (nSPS) is 14.2. The van der Waals surface area contributed by atoms with E-state index in [2.05, 4.69) is 4.72 Å². The van der Waals surface area contributed by atoms with Crippen LogP contribution in [0.3, 0.4) is 0 Å². The van der Waals surface area contributed by atoms with Crippen molar-refractivity contribution in [3.05, 3.63) is 0 Å². The van der Waals surface area contributed by atoms with Crippen molar-refractivity contribution in [3.63, 3.8) is 0 Å². The lowest BCUT2D eigenvalue weighted by Crippen LogP contribution is -2.44. The van der Waals surface area contributed by atoms with Crippen LogP contribution >= 0.6 is 0 Å². The number of nitrogens with one attached hydrogen (secondary N) is 1. The van der Waals surface area contributed by atoms with Gasteiger partial charge in [0.05, 0.1) is 36.8 Å². The summed E-state index contributed by atoms with van der Waals surface area (Å²) < 4.78 is 44.8. The Morgan fingerprint density at radius 3 is 1.93 bits per heavy atom. The molecule has 0 spiro atoms. The van der Waals surface area contributed by atoms with Crippen molar-refractivity contribution < 1.29 is 27.4 Å². The third-order valence-corrected chi connectivity index (χ3v) is 6.43. The lowest BCUT2D eigenvalue weighted by Gasteiger charge is -2.30. The molecule has 0 bridgehead atoms. The predicted molar refractivity (Wildman–Crippen MR) is 121 cm³/mol. The Kier molecular flexibility index (Phi) is 11.2. The Morgan fingerprint density at radius 1 is 0.900 bits per heavy atom. The number of Topliss-reactive ketones (excluding diaryl/α,β-unsaturated/α-hetero) is 1. The first-order chi connectivity index (χ1) is 13.3. The summed E-state index contributed by atoms with van der Waals surface area (Å²) in [6.07, 6.45) is 1.13. The second kappa shape index (κ2) is 11.4. The number of hydrogen-bond acceptors (Lipinski definition) is 6. The highest BCUT2D eigenvalue weighted by atomic mass is 32.2. The number of carbonyl (C=O) groups excluding carboxylic acids is 1. The van der Waals surface area contributed by atoms with Gasteiger partial charge in [0.2, 0.25) is 10.0 Å². The van der Waals surface area contributed by atoms with Gasteiger partial charge in [-0.15, -0.1) is 0 Å². The number of ketones is 1. The summed E-state index contributed by atoms with van der Waals surface area (Å²) in [5.74, 6) is 0.00180. The SMILES string of the molecule is COC(C)(C)CCOC(C)(C)CS(=O)(=O)NCC(C)(C)COCC(C)(C)CC(C)=O. The van der Waals surface area contributed by atoms with Gasteiger partial charge in [-0.25, -0.2) is 13.1 Å². The molecule has 180 valence electrons. The fourth-order valence-corrected chi connectivity index (χ4v) is 4.62. The molecular weight excluding hydrogens is 406 g/mol. The maximum absolute atomic E-state index is 12.6. The van der Waals surface area contributed by atoms with Crippen molar-refractivity contribution in [1.82, 2.24) is 4.72 Å². The lowest BCUT2D eigenvalue weighted by molar-refractivity contribution is -0.120. The van der Waals surface area contributed by atoms with Gasteiger partial charge in [0.15, 0.2) is 0 Å². The van der Waals surface area contributed by atoms with Crippen LogP contribution in [-0.2, 0) is 29.0 Å². The van der Waals surface area contributed by atoms with Crippen LogP contribution in [0.15, 0.2) is 0 Å². The van der Waals surface area contributed by atoms with Gasteiger partial charge in [0.1, 0.15) is 5.78 Å². The van der Waals surface area contributed by atoms with E-state index in [1.807, 2.05) is 41.5 Å². The Morgan fingerprint density at radius 2 is 1.43 bits per heavy atom. The molecule has 0 unspecified atom stereocenters. The maximum atomic E-state index is 12.6. The van der Waals surface area contributed by atoms with Crippen LogP contribution in [0.4, 0.5) is 0 Å². The highest BCUT2D eigenvalue weighted by molar-refractivity contribution is 7.89. The van der Waals surface area contributed by atoms with Gasteiger partial charge in [-0.05, 0) is 46.5 Å². The van der Waals surface area contributed by atoms with E-state index in [-0.39, 0.29) is 34.5 Å². The molecule has 0 aromatic rings. The van der Waals surface area contributed by atoms with Crippen LogP contribution < -0.4 is 4.72 Å². The van der Waals surface area contributed by atoms with Gasteiger partial charge >= 0.3 is 0 Å². The number of ether oxygens (including phenoxy) is 3. The van der Waals surface area contributed by atoms with E-state index >= 15 is 0 Å². The molecule has 0 aromatic heterocycles. The van der Waals surface area contributed by atoms with Crippen molar-refractivity contribution >= 4 is 15.8 Å². The fraction of sp³-hybridized carbons (Fsp3) is 0.955. The minimum absolute atomic E-state index is 0.129. The summed E-state index contributed by atoms with van der Waals surface area (Å²) in [6.45, 7) is 18.4. The van der Waals surface area contributed by atoms with Crippen LogP contribution in [-0.4, -0.2) is 64.6 Å². The second-order valence-corrected chi connectivity index (χ2v) is 12.9. The topological polar surface area (TPSA) is 90.9 Å². The summed E-state index contributed by atoms with van der Waals surface area (Å²) in [4.78, 5) is 11.3. The Hall–Kier alpha value is -0.540. The molecule has 0 fully saturated rings. The number of carbonyl (C=O) groups is 1. The Bertz CT molecular complexity index is 638. The lowest BCUT2D eigenvalue weighted by atomic mass is 9.88. The molecule has 1 N–H and O–H groups in total. The van der Waals surface area contributed by atoms with Crippen molar-refractivity contribution in [2.45, 2.75) is 86.4 Å². The number of rotatable bonds is 16. The molecule has 0 aliphatic carbocycles. The predicted octanol–water partition coefficient (Wildman–Crippen LogP) is 3.56. The smallest absolute Gasteiger partial charge is 0.214 e. The van der Waals surface area contributed by atoms with E-state index in [1.54, 1.807) is 27.9 Å². The van der Waals surface area contributed by atoms with Gasteiger partial charge in [-0.3, -0.25) is 0 Å². The molecule has 0 heterocycles. The van der Waals surface area contributed by atoms with Crippen LogP contribution in [0.1, 0.15) is 75.2 Å². The number of sulfonamides is 1. The highest BCUT2D eigenvalue weighted by Gasteiger charge is 2.30. The number of hydrogen-bond donors (Lipinski definition) is 1. The van der Waals surface area contributed by atoms with Gasteiger partial charge in [-0.2, -0.15) is 0 Å². The van der Waals surface area contributed by atoms with Crippen LogP contribution in [0.25, 0.3) is 0 Å². The largest absolute Gasteiger partial charge is 0.380 e. The zero-order chi connectivity index (χ0) is 23.9. The standard InChI is InChI=1S/C22H45NO6S/c1-18(24)13-19(2,3)15-28-16-20(4,5)14-23-30(25,26)17-22(8,9)29-12-11-21(6,7)27-10/h23H,11-17H2,1-10H3. The molecule has 0 atom stereocenters. The summed E-state index contributed by atoms with van der Waals surface area (Å²) >= 11 is 0. The summed E-state index contributed by atoms with van der Waals surface area (Å²) in [7, 11) is -1.87. The summed E-state index contributed by atoms with van der Waals surface area (Å²) in [5, 5.41) is 0. The molecule has 0 rings (SSSR count). The third-order valence-electron chi connectivity index (χ3n) is 4.77. The van der Waals surface area contributed by atoms with Crippen molar-refractivity contribution in [3.8, 4) is 0 Å². The van der Waals surface area contributed by atoms with Gasteiger partial charge in [0.25, 0.3) is 0 Å². The van der Waals surface area contributed by atoms with Crippen molar-refractivity contribution in [2.75, 3.05) is 39.2 Å². The average molecular weight is 452 g/mol. The molecule has 0 saturated carbocycles. The Balaban J connectivity index is 4.54. The molecule has 7 nitrogen and oxygen atoms in total. The first-order valence-corrected chi connectivity index (χ1v) is 12.2. The van der Waals surface area contributed by atoms with Gasteiger partial charge < -0.3 is 19.0 Å². The van der Waals surface area contributed by atoms with E-state index in [4.69, 9.17) is 14.2 Å². The molecule has 0 aromatic carbocycles. The van der Waals surface area contributed by atoms with Crippen LogP contribution in [0.2, 0.25) is 0 Å².